The van der Waals surface area contributed by atoms with E-state index < -0.39 is 12.7 Å². The number of ether oxygens (including phenoxy) is 1. The SMILES string of the molecule is CCOCc1nc(NN)cc(N(CC(F)(F)F)C2CC2)n1. The summed E-state index contributed by atoms with van der Waals surface area (Å²) in [5.74, 6) is 6.10. The second kappa shape index (κ2) is 6.44. The molecule has 0 bridgehead atoms. The van der Waals surface area contributed by atoms with Crippen LogP contribution in [0.3, 0.4) is 0 Å². The normalized spacial score (nSPS) is 15.1. The van der Waals surface area contributed by atoms with Gasteiger partial charge in [-0.05, 0) is 19.8 Å². The number of hydrogen-bond acceptors (Lipinski definition) is 6. The number of halogens is 3. The summed E-state index contributed by atoms with van der Waals surface area (Å²) in [4.78, 5) is 9.47. The van der Waals surface area contributed by atoms with Crippen molar-refractivity contribution in [1.82, 2.24) is 9.97 Å². The Balaban J connectivity index is 2.25. The van der Waals surface area contributed by atoms with Crippen LogP contribution in [0.5, 0.6) is 0 Å². The Morgan fingerprint density at radius 2 is 2.14 bits per heavy atom. The molecule has 2 rings (SSSR count). The van der Waals surface area contributed by atoms with E-state index in [0.717, 1.165) is 12.8 Å². The summed E-state index contributed by atoms with van der Waals surface area (Å²) < 4.78 is 43.3. The maximum absolute atomic E-state index is 12.7. The number of aromatic nitrogens is 2. The molecule has 1 aromatic rings. The van der Waals surface area contributed by atoms with Crippen LogP contribution in [0.15, 0.2) is 6.07 Å². The van der Waals surface area contributed by atoms with Gasteiger partial charge in [-0.2, -0.15) is 13.2 Å². The molecule has 118 valence electrons. The van der Waals surface area contributed by atoms with Crippen molar-refractivity contribution in [1.29, 1.82) is 0 Å². The molecular formula is C12H18F3N5O. The third-order valence-corrected chi connectivity index (χ3v) is 2.97. The van der Waals surface area contributed by atoms with Crippen LogP contribution in [0.25, 0.3) is 0 Å². The number of hydrogen-bond donors (Lipinski definition) is 2. The summed E-state index contributed by atoms with van der Waals surface area (Å²) >= 11 is 0. The summed E-state index contributed by atoms with van der Waals surface area (Å²) in [5.41, 5.74) is 2.35. The van der Waals surface area contributed by atoms with E-state index in [1.54, 1.807) is 0 Å². The fraction of sp³-hybridized carbons (Fsp3) is 0.667. The summed E-state index contributed by atoms with van der Waals surface area (Å²) in [6.45, 7) is 1.37. The number of anilines is 2. The van der Waals surface area contributed by atoms with Crippen molar-refractivity contribution in [3.05, 3.63) is 11.9 Å². The molecule has 6 nitrogen and oxygen atoms in total. The molecule has 1 aliphatic carbocycles. The maximum atomic E-state index is 12.7. The molecule has 0 atom stereocenters. The Morgan fingerprint density at radius 1 is 1.43 bits per heavy atom. The lowest BCUT2D eigenvalue weighted by molar-refractivity contribution is -0.120. The van der Waals surface area contributed by atoms with E-state index in [9.17, 15) is 13.2 Å². The first-order chi connectivity index (χ1) is 9.93. The zero-order valence-corrected chi connectivity index (χ0v) is 11.7. The highest BCUT2D eigenvalue weighted by atomic mass is 19.4. The monoisotopic (exact) mass is 305 g/mol. The van der Waals surface area contributed by atoms with Gasteiger partial charge in [-0.1, -0.05) is 0 Å². The maximum Gasteiger partial charge on any atom is 0.405 e. The van der Waals surface area contributed by atoms with E-state index in [1.165, 1.54) is 11.0 Å². The molecule has 0 saturated heterocycles. The molecule has 9 heteroatoms. The molecule has 3 N–H and O–H groups in total. The predicted molar refractivity (Wildman–Crippen MR) is 71.6 cm³/mol. The highest BCUT2D eigenvalue weighted by molar-refractivity contribution is 5.50. The van der Waals surface area contributed by atoms with E-state index in [1.807, 2.05) is 6.92 Å². The standard InChI is InChI=1S/C12H18F3N5O/c1-2-21-6-10-17-9(19-16)5-11(18-10)20(8-3-4-8)7-12(13,14)15/h5,8H,2-4,6-7,16H2,1H3,(H,17,18,19). The number of hydrazine groups is 1. The van der Waals surface area contributed by atoms with Gasteiger partial charge < -0.3 is 15.1 Å². The zero-order chi connectivity index (χ0) is 15.5. The Morgan fingerprint density at radius 3 is 2.67 bits per heavy atom. The predicted octanol–water partition coefficient (Wildman–Crippen LogP) is 1.83. The van der Waals surface area contributed by atoms with E-state index in [-0.39, 0.29) is 24.3 Å². The lowest BCUT2D eigenvalue weighted by Crippen LogP contribution is -2.37. The van der Waals surface area contributed by atoms with Crippen LogP contribution in [-0.2, 0) is 11.3 Å². The fourth-order valence-electron chi connectivity index (χ4n) is 1.94. The molecule has 0 radical (unpaired) electrons. The molecule has 0 unspecified atom stereocenters. The van der Waals surface area contributed by atoms with Gasteiger partial charge in [-0.3, -0.25) is 0 Å². The van der Waals surface area contributed by atoms with E-state index in [4.69, 9.17) is 10.6 Å². The number of alkyl halides is 3. The van der Waals surface area contributed by atoms with Crippen molar-refractivity contribution in [2.24, 2.45) is 5.84 Å². The quantitative estimate of drug-likeness (QED) is 0.591. The van der Waals surface area contributed by atoms with Crippen LogP contribution >= 0.6 is 0 Å². The van der Waals surface area contributed by atoms with Crippen molar-refractivity contribution in [3.8, 4) is 0 Å². The average molecular weight is 305 g/mol. The molecule has 1 saturated carbocycles. The number of nitrogen functional groups attached to an aromatic ring is 1. The van der Waals surface area contributed by atoms with Crippen molar-refractivity contribution in [2.75, 3.05) is 23.5 Å². The van der Waals surface area contributed by atoms with E-state index in [2.05, 4.69) is 15.4 Å². The lowest BCUT2D eigenvalue weighted by atomic mass is 10.4. The zero-order valence-electron chi connectivity index (χ0n) is 11.7. The van der Waals surface area contributed by atoms with Gasteiger partial charge in [0.25, 0.3) is 0 Å². The first-order valence-electron chi connectivity index (χ1n) is 6.68. The second-order valence-corrected chi connectivity index (χ2v) is 4.78. The fourth-order valence-corrected chi connectivity index (χ4v) is 1.94. The third kappa shape index (κ3) is 4.71. The minimum absolute atomic E-state index is 0.129. The molecule has 21 heavy (non-hydrogen) atoms. The first-order valence-corrected chi connectivity index (χ1v) is 6.68. The van der Waals surface area contributed by atoms with Gasteiger partial charge in [-0.15, -0.1) is 0 Å². The molecular weight excluding hydrogens is 287 g/mol. The first kappa shape index (κ1) is 15.8. The van der Waals surface area contributed by atoms with Crippen LogP contribution in [0.1, 0.15) is 25.6 Å². The van der Waals surface area contributed by atoms with Crippen LogP contribution in [0.4, 0.5) is 24.8 Å². The third-order valence-electron chi connectivity index (χ3n) is 2.97. The highest BCUT2D eigenvalue weighted by Gasteiger charge is 2.39. The molecule has 1 fully saturated rings. The molecule has 0 aromatic carbocycles. The smallest absolute Gasteiger partial charge is 0.374 e. The average Bonchev–Trinajstić information content (AvgIpc) is 3.25. The summed E-state index contributed by atoms with van der Waals surface area (Å²) in [7, 11) is 0. The Bertz CT molecular complexity index is 478. The van der Waals surface area contributed by atoms with E-state index in [0.29, 0.717) is 12.4 Å². The Labute approximate surface area is 120 Å². The topological polar surface area (TPSA) is 76.3 Å². The van der Waals surface area contributed by atoms with Crippen molar-refractivity contribution in [2.45, 2.75) is 38.6 Å². The lowest BCUT2D eigenvalue weighted by Gasteiger charge is -2.25. The van der Waals surface area contributed by atoms with Gasteiger partial charge in [0.15, 0.2) is 5.82 Å². The molecule has 1 heterocycles. The van der Waals surface area contributed by atoms with Gasteiger partial charge >= 0.3 is 6.18 Å². The van der Waals surface area contributed by atoms with Crippen LogP contribution in [-0.4, -0.2) is 35.3 Å². The largest absolute Gasteiger partial charge is 0.405 e. The van der Waals surface area contributed by atoms with Crippen LogP contribution in [0, 0.1) is 0 Å². The Hall–Kier alpha value is -1.61. The van der Waals surface area contributed by atoms with Crippen molar-refractivity contribution in [3.63, 3.8) is 0 Å². The summed E-state index contributed by atoms with van der Waals surface area (Å²) in [6.07, 6.45) is -2.83. The van der Waals surface area contributed by atoms with Crippen molar-refractivity contribution < 1.29 is 17.9 Å². The highest BCUT2D eigenvalue weighted by Crippen LogP contribution is 2.34. The number of nitrogens with two attached hydrogens (primary N) is 1. The van der Waals surface area contributed by atoms with Gasteiger partial charge in [0, 0.05) is 18.7 Å². The summed E-state index contributed by atoms with van der Waals surface area (Å²) in [6, 6.07) is 1.28. The van der Waals surface area contributed by atoms with Crippen LogP contribution in [0.2, 0.25) is 0 Å². The van der Waals surface area contributed by atoms with Crippen molar-refractivity contribution >= 4 is 11.6 Å². The summed E-state index contributed by atoms with van der Waals surface area (Å²) in [5, 5.41) is 0. The van der Waals surface area contributed by atoms with Gasteiger partial charge in [0.1, 0.15) is 24.8 Å². The van der Waals surface area contributed by atoms with Gasteiger partial charge in [0.05, 0.1) is 0 Å². The van der Waals surface area contributed by atoms with Gasteiger partial charge in [0.2, 0.25) is 0 Å². The Kier molecular flexibility index (Phi) is 4.84. The second-order valence-electron chi connectivity index (χ2n) is 4.78. The number of nitrogens with zero attached hydrogens (tertiary/aromatic N) is 3. The molecule has 0 spiro atoms. The van der Waals surface area contributed by atoms with E-state index >= 15 is 0 Å². The molecule has 1 aliphatic rings. The van der Waals surface area contributed by atoms with Crippen LogP contribution < -0.4 is 16.2 Å². The minimum Gasteiger partial charge on any atom is -0.374 e. The minimum atomic E-state index is -4.29. The van der Waals surface area contributed by atoms with Gasteiger partial charge in [-0.25, -0.2) is 15.8 Å². The molecule has 0 aliphatic heterocycles. The molecule has 0 amide bonds. The molecule has 1 aromatic heterocycles. The number of nitrogens with one attached hydrogen (secondary N) is 1. The number of rotatable bonds is 7.